The van der Waals surface area contributed by atoms with Gasteiger partial charge < -0.3 is 9.35 Å². The minimum Gasteiger partial charge on any atom is -0.748 e. The van der Waals surface area contributed by atoms with E-state index in [0.717, 1.165) is 0 Å². The van der Waals surface area contributed by atoms with E-state index in [4.69, 9.17) is 0 Å². The first kappa shape index (κ1) is 11.4. The molecule has 8 heavy (non-hydrogen) atoms. The summed E-state index contributed by atoms with van der Waals surface area (Å²) in [5, 5.41) is 0. The second-order valence-electron chi connectivity index (χ2n) is 0.891. The van der Waals surface area contributed by atoms with Crippen molar-refractivity contribution >= 4 is 16.4 Å². The summed E-state index contributed by atoms with van der Waals surface area (Å²) in [6.07, 6.45) is 0.0579. The van der Waals surface area contributed by atoms with Crippen molar-refractivity contribution in [2.24, 2.45) is 0 Å². The zero-order valence-electron chi connectivity index (χ0n) is 4.33. The number of rotatable bonds is 2. The minimum absolute atomic E-state index is 0. The first-order chi connectivity index (χ1) is 3.06. The molecule has 0 fully saturated rings. The SMILES string of the molecule is O=CCS(=O)(=O)[O-].[Na+]. The third kappa shape index (κ3) is 9.77. The van der Waals surface area contributed by atoms with Crippen molar-refractivity contribution in [3.05, 3.63) is 0 Å². The Balaban J connectivity index is 0. The fraction of sp³-hybridized carbons (Fsp3) is 0.500. The molecule has 0 aliphatic heterocycles. The summed E-state index contributed by atoms with van der Waals surface area (Å²) in [5.74, 6) is -0.924. The van der Waals surface area contributed by atoms with E-state index in [1.165, 1.54) is 0 Å². The van der Waals surface area contributed by atoms with Crippen molar-refractivity contribution in [3.8, 4) is 0 Å². The van der Waals surface area contributed by atoms with Gasteiger partial charge in [-0.15, -0.1) is 0 Å². The van der Waals surface area contributed by atoms with Gasteiger partial charge in [0.15, 0.2) is 0 Å². The zero-order chi connectivity index (χ0) is 5.91. The van der Waals surface area contributed by atoms with Gasteiger partial charge >= 0.3 is 29.6 Å². The molecule has 6 heteroatoms. The van der Waals surface area contributed by atoms with Gasteiger partial charge in [0.2, 0.25) is 0 Å². The average molecular weight is 146 g/mol. The minimum atomic E-state index is -4.29. The van der Waals surface area contributed by atoms with Crippen LogP contribution in [0.25, 0.3) is 0 Å². The molecule has 0 N–H and O–H groups in total. The Morgan fingerprint density at radius 3 is 1.88 bits per heavy atom. The third-order valence-electron chi connectivity index (χ3n) is 0.272. The van der Waals surface area contributed by atoms with Gasteiger partial charge in [-0.05, 0) is 0 Å². The summed E-state index contributed by atoms with van der Waals surface area (Å²) in [6, 6.07) is 0. The van der Waals surface area contributed by atoms with Gasteiger partial charge in [-0.1, -0.05) is 0 Å². The van der Waals surface area contributed by atoms with Crippen molar-refractivity contribution < 1.29 is 47.3 Å². The maximum atomic E-state index is 9.44. The second-order valence-corrected chi connectivity index (χ2v) is 2.34. The van der Waals surface area contributed by atoms with Crippen molar-refractivity contribution in [3.63, 3.8) is 0 Å². The Hall–Kier alpha value is 0.580. The molecule has 0 aliphatic rings. The molecule has 0 saturated heterocycles. The van der Waals surface area contributed by atoms with Crippen LogP contribution >= 0.6 is 0 Å². The molecule has 0 bridgehead atoms. The molecule has 0 amide bonds. The maximum absolute atomic E-state index is 9.44. The van der Waals surface area contributed by atoms with Gasteiger partial charge in [-0.3, -0.25) is 0 Å². The molecule has 0 saturated carbocycles. The zero-order valence-corrected chi connectivity index (χ0v) is 7.14. The van der Waals surface area contributed by atoms with Crippen molar-refractivity contribution in [1.82, 2.24) is 0 Å². The Morgan fingerprint density at radius 1 is 1.50 bits per heavy atom. The van der Waals surface area contributed by atoms with Gasteiger partial charge in [0, 0.05) is 0 Å². The van der Waals surface area contributed by atoms with Crippen molar-refractivity contribution in [2.75, 3.05) is 5.75 Å². The van der Waals surface area contributed by atoms with Crippen LogP contribution in [0.5, 0.6) is 0 Å². The first-order valence-corrected chi connectivity index (χ1v) is 3.01. The standard InChI is InChI=1S/C2H4O4S.Na/c3-1-2-7(4,5)6;/h1H,2H2,(H,4,5,6);/q;+1/p-1. The Bertz CT molecular complexity index is 147. The van der Waals surface area contributed by atoms with E-state index in [-0.39, 0.29) is 35.8 Å². The molecular formula is C2H3NaO4S. The molecule has 0 rings (SSSR count). The summed E-state index contributed by atoms with van der Waals surface area (Å²) in [7, 11) is -4.29. The maximum Gasteiger partial charge on any atom is 1.00 e. The van der Waals surface area contributed by atoms with E-state index in [1.54, 1.807) is 0 Å². The second kappa shape index (κ2) is 4.46. The van der Waals surface area contributed by atoms with Gasteiger partial charge in [-0.25, -0.2) is 8.42 Å². The van der Waals surface area contributed by atoms with Crippen molar-refractivity contribution in [2.45, 2.75) is 0 Å². The fourth-order valence-corrected chi connectivity index (χ4v) is 0.250. The molecule has 0 aromatic carbocycles. The summed E-state index contributed by atoms with van der Waals surface area (Å²) in [6.45, 7) is 0. The Labute approximate surface area is 69.3 Å². The van der Waals surface area contributed by atoms with Crippen LogP contribution in [-0.4, -0.2) is 25.0 Å². The summed E-state index contributed by atoms with van der Waals surface area (Å²) < 4.78 is 28.3. The van der Waals surface area contributed by atoms with Crippen LogP contribution < -0.4 is 29.6 Å². The fourth-order valence-electron chi connectivity index (χ4n) is 0.0833. The number of aldehydes is 1. The van der Waals surface area contributed by atoms with E-state index in [2.05, 4.69) is 0 Å². The van der Waals surface area contributed by atoms with Crippen LogP contribution in [0.2, 0.25) is 0 Å². The van der Waals surface area contributed by atoms with Gasteiger partial charge in [0.25, 0.3) is 0 Å². The summed E-state index contributed by atoms with van der Waals surface area (Å²) in [4.78, 5) is 9.24. The number of hydrogen-bond donors (Lipinski definition) is 0. The Kier molecular flexibility index (Phi) is 6.34. The molecule has 0 spiro atoms. The monoisotopic (exact) mass is 146 g/mol. The van der Waals surface area contributed by atoms with Gasteiger partial charge in [-0.2, -0.15) is 0 Å². The number of hydrogen-bond acceptors (Lipinski definition) is 4. The predicted molar refractivity (Wildman–Crippen MR) is 20.6 cm³/mol. The molecule has 0 atom stereocenters. The first-order valence-electron chi connectivity index (χ1n) is 1.43. The van der Waals surface area contributed by atoms with E-state index >= 15 is 0 Å². The van der Waals surface area contributed by atoms with Crippen LogP contribution in [0, 0.1) is 0 Å². The van der Waals surface area contributed by atoms with Crippen LogP contribution in [0.4, 0.5) is 0 Å². The van der Waals surface area contributed by atoms with Gasteiger partial charge in [0.05, 0.1) is 5.75 Å². The molecule has 0 radical (unpaired) electrons. The molecule has 42 valence electrons. The average Bonchev–Trinajstić information content (AvgIpc) is 1.30. The normalized spacial score (nSPS) is 9.62. The summed E-state index contributed by atoms with van der Waals surface area (Å²) in [5.41, 5.74) is 0. The molecule has 0 heterocycles. The number of carbonyl (C=O) groups is 1. The van der Waals surface area contributed by atoms with E-state index in [1.807, 2.05) is 0 Å². The van der Waals surface area contributed by atoms with Crippen molar-refractivity contribution in [1.29, 1.82) is 0 Å². The molecule has 0 aromatic rings. The van der Waals surface area contributed by atoms with Crippen LogP contribution in [0.1, 0.15) is 0 Å². The number of carbonyl (C=O) groups excluding carboxylic acids is 1. The molecule has 0 aliphatic carbocycles. The van der Waals surface area contributed by atoms with E-state index in [9.17, 15) is 17.8 Å². The van der Waals surface area contributed by atoms with E-state index < -0.39 is 15.9 Å². The topological polar surface area (TPSA) is 74.3 Å². The largest absolute Gasteiger partial charge is 1.00 e. The van der Waals surface area contributed by atoms with Crippen LogP contribution in [0.15, 0.2) is 0 Å². The Morgan fingerprint density at radius 2 is 1.88 bits per heavy atom. The molecule has 0 aromatic heterocycles. The molecule has 0 unspecified atom stereocenters. The van der Waals surface area contributed by atoms with Crippen LogP contribution in [-0.2, 0) is 14.9 Å². The molecular weight excluding hydrogens is 143 g/mol. The van der Waals surface area contributed by atoms with E-state index in [0.29, 0.717) is 0 Å². The smallest absolute Gasteiger partial charge is 0.748 e. The summed E-state index contributed by atoms with van der Waals surface area (Å²) >= 11 is 0. The predicted octanol–water partition coefficient (Wildman–Crippen LogP) is -4.27. The van der Waals surface area contributed by atoms with Crippen LogP contribution in [0.3, 0.4) is 0 Å². The van der Waals surface area contributed by atoms with Gasteiger partial charge in [0.1, 0.15) is 16.4 Å². The third-order valence-corrected chi connectivity index (χ3v) is 0.816. The quantitative estimate of drug-likeness (QED) is 0.224. The molecule has 4 nitrogen and oxygen atoms in total.